The molecule has 0 aliphatic heterocycles. The van der Waals surface area contributed by atoms with E-state index >= 15 is 0 Å². The number of nitro groups is 1. The summed E-state index contributed by atoms with van der Waals surface area (Å²) in [5, 5.41) is 13.3. The van der Waals surface area contributed by atoms with Crippen LogP contribution in [0.1, 0.15) is 11.1 Å². The van der Waals surface area contributed by atoms with Gasteiger partial charge in [-0.05, 0) is 24.1 Å². The van der Waals surface area contributed by atoms with Crippen molar-refractivity contribution in [2.75, 3.05) is 5.32 Å². The molecule has 0 saturated carbocycles. The minimum atomic E-state index is -0.489. The fourth-order valence-electron chi connectivity index (χ4n) is 1.88. The van der Waals surface area contributed by atoms with Crippen molar-refractivity contribution < 1.29 is 9.72 Å². The van der Waals surface area contributed by atoms with Gasteiger partial charge in [-0.3, -0.25) is 14.9 Å². The molecule has 0 atom stereocenters. The molecule has 102 valence electrons. The fraction of sp³-hybridized carbons (Fsp3) is 0.133. The minimum Gasteiger partial charge on any atom is -0.326 e. The van der Waals surface area contributed by atoms with Crippen LogP contribution in [0.2, 0.25) is 0 Å². The first-order chi connectivity index (χ1) is 9.56. The van der Waals surface area contributed by atoms with Crippen LogP contribution in [0, 0.1) is 17.0 Å². The van der Waals surface area contributed by atoms with Gasteiger partial charge < -0.3 is 5.32 Å². The van der Waals surface area contributed by atoms with E-state index in [-0.39, 0.29) is 18.0 Å². The van der Waals surface area contributed by atoms with E-state index in [1.807, 2.05) is 31.2 Å². The van der Waals surface area contributed by atoms with Gasteiger partial charge in [0.1, 0.15) is 0 Å². The molecule has 0 fully saturated rings. The number of benzene rings is 2. The lowest BCUT2D eigenvalue weighted by Gasteiger charge is -2.07. The summed E-state index contributed by atoms with van der Waals surface area (Å²) in [7, 11) is 0. The Labute approximate surface area is 116 Å². The van der Waals surface area contributed by atoms with E-state index in [0.29, 0.717) is 5.69 Å². The van der Waals surface area contributed by atoms with Crippen LogP contribution in [0.15, 0.2) is 48.5 Å². The average molecular weight is 270 g/mol. The summed E-state index contributed by atoms with van der Waals surface area (Å²) in [6.45, 7) is 1.94. The summed E-state index contributed by atoms with van der Waals surface area (Å²) in [5.74, 6) is -0.195. The summed E-state index contributed by atoms with van der Waals surface area (Å²) in [6.07, 6.45) is 0.245. The maximum absolute atomic E-state index is 11.9. The Balaban J connectivity index is 2.07. The number of hydrogen-bond donors (Lipinski definition) is 1. The van der Waals surface area contributed by atoms with Gasteiger partial charge in [0.15, 0.2) is 0 Å². The highest BCUT2D eigenvalue weighted by atomic mass is 16.6. The van der Waals surface area contributed by atoms with Gasteiger partial charge in [0.25, 0.3) is 5.69 Å². The second kappa shape index (κ2) is 5.97. The molecule has 2 rings (SSSR count). The molecule has 0 aliphatic rings. The minimum absolute atomic E-state index is 0.0429. The highest BCUT2D eigenvalue weighted by molar-refractivity contribution is 5.92. The number of rotatable bonds is 4. The largest absolute Gasteiger partial charge is 0.326 e. The third-order valence-corrected chi connectivity index (χ3v) is 2.95. The zero-order valence-electron chi connectivity index (χ0n) is 11.0. The van der Waals surface area contributed by atoms with E-state index in [1.54, 1.807) is 12.1 Å². The highest BCUT2D eigenvalue weighted by Gasteiger charge is 2.09. The van der Waals surface area contributed by atoms with Crippen molar-refractivity contribution in [3.8, 4) is 0 Å². The van der Waals surface area contributed by atoms with Gasteiger partial charge in [-0.15, -0.1) is 0 Å². The molecular formula is C15H14N2O3. The van der Waals surface area contributed by atoms with Gasteiger partial charge in [0.2, 0.25) is 5.91 Å². The molecular weight excluding hydrogens is 256 g/mol. The Hall–Kier alpha value is -2.69. The third-order valence-electron chi connectivity index (χ3n) is 2.95. The monoisotopic (exact) mass is 270 g/mol. The highest BCUT2D eigenvalue weighted by Crippen LogP contribution is 2.17. The molecule has 0 radical (unpaired) electrons. The zero-order chi connectivity index (χ0) is 14.5. The third kappa shape index (κ3) is 3.41. The topological polar surface area (TPSA) is 72.2 Å². The van der Waals surface area contributed by atoms with Crippen molar-refractivity contribution in [3.63, 3.8) is 0 Å². The summed E-state index contributed by atoms with van der Waals surface area (Å²) >= 11 is 0. The lowest BCUT2D eigenvalue weighted by Crippen LogP contribution is -2.15. The summed E-state index contributed by atoms with van der Waals surface area (Å²) in [4.78, 5) is 22.1. The molecule has 5 nitrogen and oxygen atoms in total. The first-order valence-corrected chi connectivity index (χ1v) is 6.15. The van der Waals surface area contributed by atoms with E-state index in [9.17, 15) is 14.9 Å². The molecule has 0 aromatic heterocycles. The van der Waals surface area contributed by atoms with E-state index < -0.39 is 4.92 Å². The SMILES string of the molecule is Cc1ccccc1CC(=O)Nc1cccc([N+](=O)[O-])c1. The molecule has 5 heteroatoms. The molecule has 0 spiro atoms. The van der Waals surface area contributed by atoms with Gasteiger partial charge in [0.05, 0.1) is 11.3 Å². The molecule has 1 amide bonds. The predicted octanol–water partition coefficient (Wildman–Crippen LogP) is 3.08. The number of hydrogen-bond acceptors (Lipinski definition) is 3. The zero-order valence-corrected chi connectivity index (χ0v) is 11.0. The lowest BCUT2D eigenvalue weighted by molar-refractivity contribution is -0.384. The number of aryl methyl sites for hydroxylation is 1. The summed E-state index contributed by atoms with van der Waals surface area (Å²) < 4.78 is 0. The summed E-state index contributed by atoms with van der Waals surface area (Å²) in [6, 6.07) is 13.5. The smallest absolute Gasteiger partial charge is 0.271 e. The number of carbonyl (C=O) groups excluding carboxylic acids is 1. The molecule has 2 aromatic rings. The Morgan fingerprint density at radius 1 is 1.20 bits per heavy atom. The van der Waals surface area contributed by atoms with Gasteiger partial charge in [0, 0.05) is 17.8 Å². The second-order valence-electron chi connectivity index (χ2n) is 4.46. The van der Waals surface area contributed by atoms with Crippen LogP contribution in [0.25, 0.3) is 0 Å². The first kappa shape index (κ1) is 13.7. The maximum atomic E-state index is 11.9. The van der Waals surface area contributed by atoms with Crippen LogP contribution in [0.4, 0.5) is 11.4 Å². The van der Waals surface area contributed by atoms with Crippen molar-refractivity contribution >= 4 is 17.3 Å². The molecule has 0 heterocycles. The quantitative estimate of drug-likeness (QED) is 0.685. The molecule has 0 bridgehead atoms. The van der Waals surface area contributed by atoms with Crippen molar-refractivity contribution in [2.45, 2.75) is 13.3 Å². The van der Waals surface area contributed by atoms with Crippen LogP contribution in [-0.2, 0) is 11.2 Å². The maximum Gasteiger partial charge on any atom is 0.271 e. The van der Waals surface area contributed by atoms with E-state index in [1.165, 1.54) is 12.1 Å². The van der Waals surface area contributed by atoms with Crippen LogP contribution >= 0.6 is 0 Å². The average Bonchev–Trinajstić information content (AvgIpc) is 2.41. The van der Waals surface area contributed by atoms with Gasteiger partial charge in [-0.25, -0.2) is 0 Å². The van der Waals surface area contributed by atoms with Crippen molar-refractivity contribution in [1.29, 1.82) is 0 Å². The number of amides is 1. The number of nitrogens with zero attached hydrogens (tertiary/aromatic N) is 1. The molecule has 1 N–H and O–H groups in total. The Bertz CT molecular complexity index is 653. The Kier molecular flexibility index (Phi) is 4.10. The van der Waals surface area contributed by atoms with E-state index in [2.05, 4.69) is 5.32 Å². The molecule has 0 saturated heterocycles. The van der Waals surface area contributed by atoms with Gasteiger partial charge in [-0.2, -0.15) is 0 Å². The van der Waals surface area contributed by atoms with Crippen molar-refractivity contribution in [1.82, 2.24) is 0 Å². The number of nitrogens with one attached hydrogen (secondary N) is 1. The number of anilines is 1. The molecule has 0 unspecified atom stereocenters. The molecule has 20 heavy (non-hydrogen) atoms. The lowest BCUT2D eigenvalue weighted by atomic mass is 10.1. The van der Waals surface area contributed by atoms with Gasteiger partial charge in [-0.1, -0.05) is 30.3 Å². The van der Waals surface area contributed by atoms with Crippen LogP contribution < -0.4 is 5.32 Å². The normalized spacial score (nSPS) is 10.1. The van der Waals surface area contributed by atoms with Gasteiger partial charge >= 0.3 is 0 Å². The predicted molar refractivity (Wildman–Crippen MR) is 76.6 cm³/mol. The molecule has 0 aliphatic carbocycles. The number of carbonyl (C=O) groups is 1. The second-order valence-corrected chi connectivity index (χ2v) is 4.46. The van der Waals surface area contributed by atoms with E-state index in [4.69, 9.17) is 0 Å². The molecule has 2 aromatic carbocycles. The van der Waals surface area contributed by atoms with Crippen LogP contribution in [0.5, 0.6) is 0 Å². The standard InChI is InChI=1S/C15H14N2O3/c1-11-5-2-3-6-12(11)9-15(18)16-13-7-4-8-14(10-13)17(19)20/h2-8,10H,9H2,1H3,(H,16,18). The number of nitro benzene ring substituents is 1. The summed E-state index contributed by atoms with van der Waals surface area (Å²) in [5.41, 5.74) is 2.37. The fourth-order valence-corrected chi connectivity index (χ4v) is 1.88. The van der Waals surface area contributed by atoms with Crippen molar-refractivity contribution in [2.24, 2.45) is 0 Å². The van der Waals surface area contributed by atoms with Crippen molar-refractivity contribution in [3.05, 3.63) is 69.8 Å². The van der Waals surface area contributed by atoms with Crippen LogP contribution in [-0.4, -0.2) is 10.8 Å². The first-order valence-electron chi connectivity index (χ1n) is 6.15. The van der Waals surface area contributed by atoms with E-state index in [0.717, 1.165) is 11.1 Å². The Morgan fingerprint density at radius 2 is 1.95 bits per heavy atom. The number of non-ortho nitro benzene ring substituents is 1. The Morgan fingerprint density at radius 3 is 2.65 bits per heavy atom. The van der Waals surface area contributed by atoms with Crippen LogP contribution in [0.3, 0.4) is 0 Å².